The summed E-state index contributed by atoms with van der Waals surface area (Å²) in [5, 5.41) is 2.65. The fraction of sp³-hybridized carbons (Fsp3) is 0.455. The molecule has 1 atom stereocenters. The van der Waals surface area contributed by atoms with E-state index in [-0.39, 0.29) is 30.8 Å². The maximum Gasteiger partial charge on any atom is 0.264 e. The zero-order chi connectivity index (χ0) is 40.1. The second-order valence-corrected chi connectivity index (χ2v) is 17.0. The molecule has 0 aliphatic carbocycles. The molecule has 9 rings (SSSR count). The number of amides is 5. The zero-order valence-corrected chi connectivity index (χ0v) is 33.1. The largest absolute Gasteiger partial charge is 0.490 e. The molecule has 6 aliphatic heterocycles. The number of nitrogens with one attached hydrogen (secondary N) is 1. The highest BCUT2D eigenvalue weighted by atomic mass is 35.5. The van der Waals surface area contributed by atoms with Crippen molar-refractivity contribution < 1.29 is 28.7 Å². The Bertz CT molecular complexity index is 2190. The van der Waals surface area contributed by atoms with E-state index in [4.69, 9.17) is 22.9 Å². The zero-order valence-electron chi connectivity index (χ0n) is 32.3. The van der Waals surface area contributed by atoms with Gasteiger partial charge in [-0.2, -0.15) is 0 Å². The molecular formula is C44H46ClN7O6. The number of likely N-dealkylation sites (tertiary alicyclic amines) is 2. The molecule has 0 saturated carbocycles. The van der Waals surface area contributed by atoms with Gasteiger partial charge in [0.05, 0.1) is 28.4 Å². The van der Waals surface area contributed by atoms with Crippen molar-refractivity contribution in [3.8, 4) is 5.75 Å². The molecule has 1 unspecified atom stereocenters. The van der Waals surface area contributed by atoms with Gasteiger partial charge in [0.2, 0.25) is 17.5 Å². The monoisotopic (exact) mass is 803 g/mol. The van der Waals surface area contributed by atoms with E-state index in [0.717, 1.165) is 94.1 Å². The molecule has 58 heavy (non-hydrogen) atoms. The second kappa shape index (κ2) is 15.4. The molecule has 300 valence electrons. The van der Waals surface area contributed by atoms with Crippen molar-refractivity contribution in [2.45, 2.75) is 69.6 Å². The van der Waals surface area contributed by atoms with E-state index in [1.54, 1.807) is 30.3 Å². The van der Waals surface area contributed by atoms with E-state index in [1.165, 1.54) is 0 Å². The number of rotatable bonds is 7. The van der Waals surface area contributed by atoms with Gasteiger partial charge >= 0.3 is 0 Å². The lowest BCUT2D eigenvalue weighted by Gasteiger charge is -2.57. The van der Waals surface area contributed by atoms with E-state index in [9.17, 15) is 24.0 Å². The van der Waals surface area contributed by atoms with Crippen LogP contribution in [0.2, 0.25) is 5.02 Å². The number of anilines is 2. The number of halogens is 1. The summed E-state index contributed by atoms with van der Waals surface area (Å²) in [5.41, 5.74) is 4.01. The smallest absolute Gasteiger partial charge is 0.264 e. The van der Waals surface area contributed by atoms with E-state index in [2.05, 4.69) is 37.0 Å². The lowest BCUT2D eigenvalue weighted by Crippen LogP contribution is -2.64. The van der Waals surface area contributed by atoms with E-state index >= 15 is 0 Å². The molecular weight excluding hydrogens is 758 g/mol. The Balaban J connectivity index is 0.726. The molecule has 0 aromatic heterocycles. The SMILES string of the molecule is [C-]#[N+]c1ccc(OC2CCN(C(=O)c3ccc(N4CCC5(CC4)CN(C4CCN(c6cccc7c6C(=O)N(C6CCC(=O)NC6=O)C7=O)CC4)C5)cc3)CC2)cc1Cl. The molecule has 0 bridgehead atoms. The van der Waals surface area contributed by atoms with Gasteiger partial charge in [0.1, 0.15) is 17.9 Å². The van der Waals surface area contributed by atoms with Gasteiger partial charge in [-0.05, 0) is 86.1 Å². The number of carbonyl (C=O) groups excluding carboxylic acids is 5. The maximum absolute atomic E-state index is 13.7. The molecule has 3 aromatic rings. The number of carbonyl (C=O) groups is 5. The number of nitrogens with zero attached hydrogens (tertiary/aromatic N) is 6. The minimum Gasteiger partial charge on any atom is -0.490 e. The minimum atomic E-state index is -0.975. The summed E-state index contributed by atoms with van der Waals surface area (Å²) in [6.07, 6.45) is 5.88. The van der Waals surface area contributed by atoms with Crippen LogP contribution in [0.25, 0.3) is 4.85 Å². The van der Waals surface area contributed by atoms with Gasteiger partial charge in [-0.25, -0.2) is 4.85 Å². The van der Waals surface area contributed by atoms with Crippen LogP contribution in [0.5, 0.6) is 5.75 Å². The first-order valence-electron chi connectivity index (χ1n) is 20.4. The van der Waals surface area contributed by atoms with Gasteiger partial charge in [-0.1, -0.05) is 23.7 Å². The molecule has 6 heterocycles. The van der Waals surface area contributed by atoms with Crippen LogP contribution in [0.15, 0.2) is 60.7 Å². The molecule has 13 nitrogen and oxygen atoms in total. The lowest BCUT2D eigenvalue weighted by molar-refractivity contribution is -0.136. The Morgan fingerprint density at radius 2 is 1.55 bits per heavy atom. The van der Waals surface area contributed by atoms with Crippen molar-refractivity contribution in [3.05, 3.63) is 93.8 Å². The normalized spacial score (nSPS) is 22.8. The Hall–Kier alpha value is -5.45. The van der Waals surface area contributed by atoms with Crippen LogP contribution < -0.4 is 19.9 Å². The van der Waals surface area contributed by atoms with Gasteiger partial charge in [0.15, 0.2) is 0 Å². The minimum absolute atomic E-state index is 0.00896. The third-order valence-corrected chi connectivity index (χ3v) is 13.5. The van der Waals surface area contributed by atoms with Crippen LogP contribution in [-0.2, 0) is 9.59 Å². The molecule has 5 amide bonds. The standard InChI is InChI=1S/C44H46ClN7O6/c1-46-35-10-9-32(25-34(35)45)58-31-15-21-50(22-16-31)41(55)28-5-7-29(8-6-28)48-23-17-44(18-24-48)26-51(27-44)30-13-19-49(20-14-30)36-4-2-3-33-39(36)43(57)52(42(33)56)37-11-12-38(53)47-40(37)54/h2-10,25,30-31,37H,11-24,26-27H2,(H,47,53,54). The molecule has 1 spiro atoms. The fourth-order valence-corrected chi connectivity index (χ4v) is 10.1. The highest BCUT2D eigenvalue weighted by molar-refractivity contribution is 6.33. The van der Waals surface area contributed by atoms with Crippen molar-refractivity contribution in [1.29, 1.82) is 0 Å². The summed E-state index contributed by atoms with van der Waals surface area (Å²) in [4.78, 5) is 78.3. The van der Waals surface area contributed by atoms with Crippen molar-refractivity contribution in [1.82, 2.24) is 20.0 Å². The number of hydrogen-bond acceptors (Lipinski definition) is 9. The van der Waals surface area contributed by atoms with Crippen LogP contribution in [-0.4, -0.2) is 115 Å². The van der Waals surface area contributed by atoms with Crippen LogP contribution >= 0.6 is 11.6 Å². The molecule has 3 aromatic carbocycles. The summed E-state index contributed by atoms with van der Waals surface area (Å²) >= 11 is 6.17. The molecule has 5 saturated heterocycles. The summed E-state index contributed by atoms with van der Waals surface area (Å²) in [7, 11) is 0. The Kier molecular flexibility index (Phi) is 10.1. The highest BCUT2D eigenvalue weighted by Gasteiger charge is 2.49. The number of benzene rings is 3. The number of ether oxygens (including phenoxy) is 1. The topological polar surface area (TPSA) is 127 Å². The first-order valence-corrected chi connectivity index (χ1v) is 20.8. The van der Waals surface area contributed by atoms with E-state index in [1.807, 2.05) is 23.1 Å². The van der Waals surface area contributed by atoms with Crippen molar-refractivity contribution >= 4 is 58.2 Å². The first kappa shape index (κ1) is 38.1. The number of piperidine rings is 4. The number of fused-ring (bicyclic) bond motifs is 1. The fourth-order valence-electron chi connectivity index (χ4n) is 9.88. The molecule has 14 heteroatoms. The predicted octanol–water partition coefficient (Wildman–Crippen LogP) is 5.55. The number of imide groups is 2. The Morgan fingerprint density at radius 3 is 2.22 bits per heavy atom. The van der Waals surface area contributed by atoms with E-state index in [0.29, 0.717) is 57.7 Å². The van der Waals surface area contributed by atoms with Crippen molar-refractivity contribution in [3.63, 3.8) is 0 Å². The van der Waals surface area contributed by atoms with Crippen molar-refractivity contribution in [2.75, 3.05) is 62.2 Å². The molecule has 5 fully saturated rings. The van der Waals surface area contributed by atoms with Gasteiger partial charge in [0.25, 0.3) is 17.7 Å². The first-order chi connectivity index (χ1) is 28.1. The van der Waals surface area contributed by atoms with Crippen LogP contribution in [0.3, 0.4) is 0 Å². The highest BCUT2D eigenvalue weighted by Crippen LogP contribution is 2.44. The predicted molar refractivity (Wildman–Crippen MR) is 218 cm³/mol. The lowest BCUT2D eigenvalue weighted by atomic mass is 9.70. The van der Waals surface area contributed by atoms with Gasteiger partial charge in [0, 0.05) is 88.9 Å². The van der Waals surface area contributed by atoms with Crippen LogP contribution in [0.4, 0.5) is 17.1 Å². The summed E-state index contributed by atoms with van der Waals surface area (Å²) in [6.45, 7) is 14.1. The summed E-state index contributed by atoms with van der Waals surface area (Å²) in [5.74, 6) is -1.23. The average Bonchev–Trinajstić information content (AvgIpc) is 3.49. The van der Waals surface area contributed by atoms with Crippen molar-refractivity contribution in [2.24, 2.45) is 5.41 Å². The van der Waals surface area contributed by atoms with Gasteiger partial charge in [-0.3, -0.25) is 39.1 Å². The third kappa shape index (κ3) is 7.06. The average molecular weight is 804 g/mol. The van der Waals surface area contributed by atoms with Gasteiger partial charge in [-0.15, -0.1) is 0 Å². The summed E-state index contributed by atoms with van der Waals surface area (Å²) < 4.78 is 6.11. The third-order valence-electron chi connectivity index (χ3n) is 13.2. The Morgan fingerprint density at radius 1 is 0.828 bits per heavy atom. The molecule has 1 N–H and O–H groups in total. The van der Waals surface area contributed by atoms with E-state index < -0.39 is 23.8 Å². The quantitative estimate of drug-likeness (QED) is 0.242. The second-order valence-electron chi connectivity index (χ2n) is 16.6. The van der Waals surface area contributed by atoms with Crippen LogP contribution in [0.1, 0.15) is 82.4 Å². The van der Waals surface area contributed by atoms with Crippen LogP contribution in [0, 0.1) is 12.0 Å². The molecule has 6 aliphatic rings. The summed E-state index contributed by atoms with van der Waals surface area (Å²) in [6, 6.07) is 18.0. The maximum atomic E-state index is 13.7. The molecule has 0 radical (unpaired) electrons. The number of hydrogen-bond donors (Lipinski definition) is 1. The Labute approximate surface area is 342 Å². The van der Waals surface area contributed by atoms with Gasteiger partial charge < -0.3 is 19.4 Å².